The van der Waals surface area contributed by atoms with Crippen LogP contribution in [0, 0.1) is 0 Å². The van der Waals surface area contributed by atoms with Crippen molar-refractivity contribution in [3.63, 3.8) is 0 Å². The van der Waals surface area contributed by atoms with Crippen molar-refractivity contribution in [3.05, 3.63) is 30.1 Å². The third-order valence-electron chi connectivity index (χ3n) is 3.33. The standard InChI is InChI=1S/C14H17N3OS/c1-15-11-7-5-10(6-8-11)14-16-13(17-18-14)12-4-2-3-9-19-12/h5-8,12,15H,2-4,9H2,1H3. The topological polar surface area (TPSA) is 51.0 Å². The summed E-state index contributed by atoms with van der Waals surface area (Å²) in [5.74, 6) is 2.66. The molecule has 19 heavy (non-hydrogen) atoms. The molecule has 0 aliphatic carbocycles. The molecule has 0 saturated carbocycles. The molecule has 1 unspecified atom stereocenters. The van der Waals surface area contributed by atoms with Crippen molar-refractivity contribution in [3.8, 4) is 11.5 Å². The van der Waals surface area contributed by atoms with E-state index in [1.54, 1.807) is 0 Å². The molecule has 1 aliphatic rings. The highest BCUT2D eigenvalue weighted by Crippen LogP contribution is 2.37. The zero-order valence-corrected chi connectivity index (χ0v) is 11.7. The highest BCUT2D eigenvalue weighted by atomic mass is 32.2. The van der Waals surface area contributed by atoms with Crippen molar-refractivity contribution in [2.24, 2.45) is 0 Å². The third kappa shape index (κ3) is 2.76. The first kappa shape index (κ1) is 12.5. The molecule has 2 heterocycles. The number of anilines is 1. The monoisotopic (exact) mass is 275 g/mol. The van der Waals surface area contributed by atoms with Crippen LogP contribution in [-0.4, -0.2) is 22.9 Å². The van der Waals surface area contributed by atoms with Gasteiger partial charge in [-0.25, -0.2) is 0 Å². The first-order valence-corrected chi connectivity index (χ1v) is 7.65. The Morgan fingerprint density at radius 1 is 1.26 bits per heavy atom. The minimum absolute atomic E-state index is 0.405. The molecule has 1 saturated heterocycles. The molecule has 0 spiro atoms. The first-order chi connectivity index (χ1) is 9.36. The number of rotatable bonds is 3. The number of hydrogen-bond acceptors (Lipinski definition) is 5. The van der Waals surface area contributed by atoms with E-state index in [9.17, 15) is 0 Å². The predicted molar refractivity (Wildman–Crippen MR) is 78.3 cm³/mol. The Kier molecular flexibility index (Phi) is 3.73. The van der Waals surface area contributed by atoms with Gasteiger partial charge in [-0.05, 0) is 42.9 Å². The lowest BCUT2D eigenvalue weighted by molar-refractivity contribution is 0.420. The SMILES string of the molecule is CNc1ccc(-c2nc(C3CCCCS3)no2)cc1. The molecule has 1 aromatic heterocycles. The highest BCUT2D eigenvalue weighted by molar-refractivity contribution is 7.99. The molecule has 5 heteroatoms. The number of thioether (sulfide) groups is 1. The Bertz CT molecular complexity index is 532. The minimum atomic E-state index is 0.405. The number of hydrogen-bond donors (Lipinski definition) is 1. The molecule has 4 nitrogen and oxygen atoms in total. The highest BCUT2D eigenvalue weighted by Gasteiger charge is 2.21. The van der Waals surface area contributed by atoms with Crippen LogP contribution >= 0.6 is 11.8 Å². The third-order valence-corrected chi connectivity index (χ3v) is 4.70. The van der Waals surface area contributed by atoms with Crippen LogP contribution in [-0.2, 0) is 0 Å². The molecule has 1 aliphatic heterocycles. The largest absolute Gasteiger partial charge is 0.388 e. The molecule has 0 radical (unpaired) electrons. The average molecular weight is 275 g/mol. The molecule has 100 valence electrons. The van der Waals surface area contributed by atoms with Crippen LogP contribution in [0.1, 0.15) is 30.3 Å². The minimum Gasteiger partial charge on any atom is -0.388 e. The van der Waals surface area contributed by atoms with Gasteiger partial charge in [-0.1, -0.05) is 11.6 Å². The molecular weight excluding hydrogens is 258 g/mol. The number of nitrogens with zero attached hydrogens (tertiary/aromatic N) is 2. The van der Waals surface area contributed by atoms with E-state index in [1.165, 1.54) is 18.6 Å². The zero-order valence-electron chi connectivity index (χ0n) is 10.9. The summed E-state index contributed by atoms with van der Waals surface area (Å²) >= 11 is 1.94. The molecule has 2 aromatic rings. The zero-order chi connectivity index (χ0) is 13.1. The van der Waals surface area contributed by atoms with Crippen molar-refractivity contribution in [2.45, 2.75) is 24.5 Å². The molecule has 3 rings (SSSR count). The Labute approximate surface area is 117 Å². The molecule has 1 atom stereocenters. The van der Waals surface area contributed by atoms with Gasteiger partial charge in [0, 0.05) is 18.3 Å². The van der Waals surface area contributed by atoms with Crippen molar-refractivity contribution in [1.29, 1.82) is 0 Å². The van der Waals surface area contributed by atoms with Gasteiger partial charge >= 0.3 is 0 Å². The van der Waals surface area contributed by atoms with Crippen LogP contribution in [0.5, 0.6) is 0 Å². The molecular formula is C14H17N3OS. The van der Waals surface area contributed by atoms with Gasteiger partial charge in [-0.15, -0.1) is 0 Å². The maximum atomic E-state index is 5.38. The summed E-state index contributed by atoms with van der Waals surface area (Å²) in [5, 5.41) is 7.63. The lowest BCUT2D eigenvalue weighted by Gasteiger charge is -2.17. The van der Waals surface area contributed by atoms with Gasteiger partial charge in [0.05, 0.1) is 5.25 Å². The lowest BCUT2D eigenvalue weighted by Crippen LogP contribution is -2.03. The summed E-state index contributed by atoms with van der Waals surface area (Å²) in [4.78, 5) is 4.54. The summed E-state index contributed by atoms with van der Waals surface area (Å²) in [6.07, 6.45) is 3.72. The second-order valence-electron chi connectivity index (χ2n) is 4.64. The summed E-state index contributed by atoms with van der Waals surface area (Å²) < 4.78 is 5.38. The van der Waals surface area contributed by atoms with Gasteiger partial charge in [0.2, 0.25) is 0 Å². The second kappa shape index (κ2) is 5.65. The van der Waals surface area contributed by atoms with E-state index < -0.39 is 0 Å². The number of aromatic nitrogens is 2. The summed E-state index contributed by atoms with van der Waals surface area (Å²) in [7, 11) is 1.90. The Hall–Kier alpha value is -1.49. The average Bonchev–Trinajstić information content (AvgIpc) is 2.98. The maximum Gasteiger partial charge on any atom is 0.257 e. The fraction of sp³-hybridized carbons (Fsp3) is 0.429. The van der Waals surface area contributed by atoms with Crippen LogP contribution in [0.15, 0.2) is 28.8 Å². The lowest BCUT2D eigenvalue weighted by atomic mass is 10.2. The van der Waals surface area contributed by atoms with Crippen molar-refractivity contribution >= 4 is 17.4 Å². The normalized spacial score (nSPS) is 19.3. The van der Waals surface area contributed by atoms with Crippen LogP contribution in [0.3, 0.4) is 0 Å². The van der Waals surface area contributed by atoms with Gasteiger partial charge in [-0.2, -0.15) is 16.7 Å². The Morgan fingerprint density at radius 2 is 2.11 bits per heavy atom. The molecule has 0 amide bonds. The van der Waals surface area contributed by atoms with Crippen molar-refractivity contribution < 1.29 is 4.52 Å². The molecule has 1 N–H and O–H groups in total. The van der Waals surface area contributed by atoms with Gasteiger partial charge in [-0.3, -0.25) is 0 Å². The van der Waals surface area contributed by atoms with E-state index in [0.717, 1.165) is 23.5 Å². The Balaban J connectivity index is 1.79. The van der Waals surface area contributed by atoms with Gasteiger partial charge in [0.15, 0.2) is 5.82 Å². The Morgan fingerprint density at radius 3 is 2.79 bits per heavy atom. The van der Waals surface area contributed by atoms with Gasteiger partial charge in [0.1, 0.15) is 0 Å². The fourth-order valence-electron chi connectivity index (χ4n) is 2.21. The predicted octanol–water partition coefficient (Wildman–Crippen LogP) is 3.74. The summed E-state index contributed by atoms with van der Waals surface area (Å²) in [5.41, 5.74) is 2.05. The van der Waals surface area contributed by atoms with Gasteiger partial charge in [0.25, 0.3) is 5.89 Å². The van der Waals surface area contributed by atoms with Crippen molar-refractivity contribution in [2.75, 3.05) is 18.1 Å². The molecule has 1 aromatic carbocycles. The van der Waals surface area contributed by atoms with Gasteiger partial charge < -0.3 is 9.84 Å². The first-order valence-electron chi connectivity index (χ1n) is 6.60. The van der Waals surface area contributed by atoms with E-state index in [0.29, 0.717) is 11.1 Å². The number of benzene rings is 1. The molecule has 0 bridgehead atoms. The van der Waals surface area contributed by atoms with E-state index in [1.807, 2.05) is 43.1 Å². The van der Waals surface area contributed by atoms with Crippen LogP contribution in [0.4, 0.5) is 5.69 Å². The van der Waals surface area contributed by atoms with E-state index in [-0.39, 0.29) is 0 Å². The smallest absolute Gasteiger partial charge is 0.257 e. The van der Waals surface area contributed by atoms with Crippen molar-refractivity contribution in [1.82, 2.24) is 10.1 Å². The summed E-state index contributed by atoms with van der Waals surface area (Å²) in [6.45, 7) is 0. The van der Waals surface area contributed by atoms with E-state index in [2.05, 4.69) is 15.5 Å². The fourth-order valence-corrected chi connectivity index (χ4v) is 3.44. The summed E-state index contributed by atoms with van der Waals surface area (Å²) in [6, 6.07) is 8.01. The van der Waals surface area contributed by atoms with Crippen LogP contribution in [0.25, 0.3) is 11.5 Å². The van der Waals surface area contributed by atoms with E-state index in [4.69, 9.17) is 4.52 Å². The molecule has 1 fully saturated rings. The second-order valence-corrected chi connectivity index (χ2v) is 5.95. The maximum absolute atomic E-state index is 5.38. The number of nitrogens with one attached hydrogen (secondary N) is 1. The van der Waals surface area contributed by atoms with Crippen LogP contribution < -0.4 is 5.32 Å². The quantitative estimate of drug-likeness (QED) is 0.924. The van der Waals surface area contributed by atoms with E-state index >= 15 is 0 Å². The van der Waals surface area contributed by atoms with Crippen LogP contribution in [0.2, 0.25) is 0 Å².